The molecule has 0 saturated carbocycles. The molecule has 0 nitrogen and oxygen atoms in total. The zero-order chi connectivity index (χ0) is 9.14. The third-order valence-electron chi connectivity index (χ3n) is 1.34. The molecule has 0 aliphatic heterocycles. The van der Waals surface area contributed by atoms with Gasteiger partial charge in [0.2, 0.25) is 0 Å². The third-order valence-corrected chi connectivity index (χ3v) is 1.34. The molecule has 0 unspecified atom stereocenters. The molecule has 0 spiro atoms. The highest BCUT2D eigenvalue weighted by molar-refractivity contribution is 5.24. The van der Waals surface area contributed by atoms with Crippen LogP contribution in [0.3, 0.4) is 0 Å². The molecule has 0 N–H and O–H groups in total. The van der Waals surface area contributed by atoms with E-state index < -0.39 is 24.0 Å². The molecule has 1 rings (SSSR count). The van der Waals surface area contributed by atoms with Gasteiger partial charge >= 0.3 is 0 Å². The van der Waals surface area contributed by atoms with Gasteiger partial charge in [-0.25, -0.2) is 17.6 Å². The van der Waals surface area contributed by atoms with Crippen molar-refractivity contribution in [3.05, 3.63) is 35.4 Å². The molecule has 0 saturated heterocycles. The Morgan fingerprint density at radius 3 is 1.67 bits per heavy atom. The Bertz CT molecular complexity index is 234. The summed E-state index contributed by atoms with van der Waals surface area (Å²) in [5.41, 5.74) is -0.847. The first-order valence-electron chi connectivity index (χ1n) is 3.18. The summed E-state index contributed by atoms with van der Waals surface area (Å²) in [6.07, 6.45) is -5.44. The molecule has 0 aliphatic carbocycles. The number of alkyl halides is 4. The van der Waals surface area contributed by atoms with Crippen LogP contribution in [0.4, 0.5) is 17.6 Å². The van der Waals surface area contributed by atoms with Crippen molar-refractivity contribution < 1.29 is 17.6 Å². The van der Waals surface area contributed by atoms with Gasteiger partial charge in [0.25, 0.3) is 12.9 Å². The van der Waals surface area contributed by atoms with E-state index in [1.807, 2.05) is 0 Å². The summed E-state index contributed by atoms with van der Waals surface area (Å²) in [7, 11) is 0. The van der Waals surface area contributed by atoms with Crippen LogP contribution >= 0.6 is 0 Å². The molecule has 0 aliphatic rings. The first kappa shape index (κ1) is 9.03. The zero-order valence-electron chi connectivity index (χ0n) is 5.90. The van der Waals surface area contributed by atoms with E-state index >= 15 is 0 Å². The van der Waals surface area contributed by atoms with Gasteiger partial charge in [0.1, 0.15) is 0 Å². The van der Waals surface area contributed by atoms with Crippen LogP contribution in [0.1, 0.15) is 24.0 Å². The van der Waals surface area contributed by atoms with Crippen LogP contribution < -0.4 is 0 Å². The fourth-order valence-corrected chi connectivity index (χ4v) is 0.762. The smallest absolute Gasteiger partial charge is 0.205 e. The van der Waals surface area contributed by atoms with Gasteiger partial charge in [-0.1, -0.05) is 0 Å². The Hall–Kier alpha value is -1.06. The van der Waals surface area contributed by atoms with Crippen LogP contribution in [-0.4, -0.2) is 0 Å². The van der Waals surface area contributed by atoms with E-state index in [1.165, 1.54) is 0 Å². The molecule has 0 fully saturated rings. The highest BCUT2D eigenvalue weighted by atomic mass is 19.3. The molecule has 65 valence electrons. The lowest BCUT2D eigenvalue weighted by atomic mass is 10.1. The van der Waals surface area contributed by atoms with Gasteiger partial charge in [-0.05, 0) is 24.3 Å². The summed E-state index contributed by atoms with van der Waals surface area (Å²) >= 11 is 0. The minimum Gasteiger partial charge on any atom is -0.205 e. The minimum atomic E-state index is -2.72. The van der Waals surface area contributed by atoms with Crippen molar-refractivity contribution in [2.75, 3.05) is 0 Å². The van der Waals surface area contributed by atoms with Crippen LogP contribution in [-0.2, 0) is 0 Å². The monoisotopic (exact) mass is 177 g/mol. The average Bonchev–Trinajstić information content (AvgIpc) is 2.04. The van der Waals surface area contributed by atoms with E-state index in [-0.39, 0.29) is 0 Å². The number of rotatable bonds is 2. The van der Waals surface area contributed by atoms with E-state index in [0.29, 0.717) is 0 Å². The molecular weight excluding hydrogens is 172 g/mol. The van der Waals surface area contributed by atoms with Crippen molar-refractivity contribution in [1.82, 2.24) is 0 Å². The molecule has 12 heavy (non-hydrogen) atoms. The Kier molecular flexibility index (Phi) is 2.68. The van der Waals surface area contributed by atoms with E-state index in [0.717, 1.165) is 18.2 Å². The third kappa shape index (κ3) is 1.96. The van der Waals surface area contributed by atoms with Crippen molar-refractivity contribution >= 4 is 0 Å². The summed E-state index contributed by atoms with van der Waals surface area (Å²) in [6.45, 7) is 0. The second-order valence-corrected chi connectivity index (χ2v) is 2.20. The van der Waals surface area contributed by atoms with Crippen molar-refractivity contribution in [3.63, 3.8) is 0 Å². The molecule has 1 radical (unpaired) electrons. The van der Waals surface area contributed by atoms with Crippen molar-refractivity contribution in [2.24, 2.45) is 0 Å². The number of hydrogen-bond donors (Lipinski definition) is 0. The molecular formula is C8H5F4. The van der Waals surface area contributed by atoms with Crippen LogP contribution in [0.15, 0.2) is 18.2 Å². The fourth-order valence-electron chi connectivity index (χ4n) is 0.762. The van der Waals surface area contributed by atoms with Gasteiger partial charge in [-0.2, -0.15) is 0 Å². The topological polar surface area (TPSA) is 0 Å². The second kappa shape index (κ2) is 3.56. The number of benzene rings is 1. The summed E-state index contributed by atoms with van der Waals surface area (Å²) in [6, 6.07) is 5.01. The van der Waals surface area contributed by atoms with Crippen LogP contribution in [0.5, 0.6) is 0 Å². The SMILES string of the molecule is FC(F)c1c[c]cc(C(F)F)c1. The van der Waals surface area contributed by atoms with Gasteiger partial charge < -0.3 is 0 Å². The highest BCUT2D eigenvalue weighted by Crippen LogP contribution is 2.24. The van der Waals surface area contributed by atoms with E-state index in [4.69, 9.17) is 0 Å². The minimum absolute atomic E-state index is 0.423. The average molecular weight is 177 g/mol. The second-order valence-electron chi connectivity index (χ2n) is 2.20. The van der Waals surface area contributed by atoms with Gasteiger partial charge in [0.15, 0.2) is 0 Å². The molecule has 1 aromatic rings. The Morgan fingerprint density at radius 1 is 0.917 bits per heavy atom. The number of halogens is 4. The summed E-state index contributed by atoms with van der Waals surface area (Å²) < 4.78 is 47.8. The maximum atomic E-state index is 11.9. The van der Waals surface area contributed by atoms with Crippen molar-refractivity contribution in [2.45, 2.75) is 12.9 Å². The normalized spacial score (nSPS) is 11.2. The first-order chi connectivity index (χ1) is 5.61. The quantitative estimate of drug-likeness (QED) is 0.607. The summed E-state index contributed by atoms with van der Waals surface area (Å²) in [5.74, 6) is 0. The van der Waals surface area contributed by atoms with E-state index in [2.05, 4.69) is 6.07 Å². The van der Waals surface area contributed by atoms with E-state index in [9.17, 15) is 17.6 Å². The molecule has 1 aromatic carbocycles. The molecule has 0 atom stereocenters. The maximum Gasteiger partial charge on any atom is 0.263 e. The van der Waals surface area contributed by atoms with Gasteiger partial charge in [-0.15, -0.1) is 0 Å². The Labute approximate surface area is 66.8 Å². The zero-order valence-corrected chi connectivity index (χ0v) is 5.90. The first-order valence-corrected chi connectivity index (χ1v) is 3.18. The van der Waals surface area contributed by atoms with Gasteiger partial charge in [0.05, 0.1) is 0 Å². The van der Waals surface area contributed by atoms with Crippen LogP contribution in [0.25, 0.3) is 0 Å². The predicted octanol–water partition coefficient (Wildman–Crippen LogP) is 3.36. The van der Waals surface area contributed by atoms with Gasteiger partial charge in [-0.3, -0.25) is 0 Å². The Morgan fingerprint density at radius 2 is 1.33 bits per heavy atom. The van der Waals surface area contributed by atoms with Crippen molar-refractivity contribution in [3.8, 4) is 0 Å². The number of hydrogen-bond acceptors (Lipinski definition) is 0. The molecule has 0 amide bonds. The molecule has 0 aromatic heterocycles. The largest absolute Gasteiger partial charge is 0.263 e. The standard InChI is InChI=1S/C8H5F4/c9-7(10)5-2-1-3-6(4-5)8(11)12/h2-4,7-8H. The lowest BCUT2D eigenvalue weighted by Gasteiger charge is -2.02. The summed E-state index contributed by atoms with van der Waals surface area (Å²) in [5, 5.41) is 0. The lowest BCUT2D eigenvalue weighted by molar-refractivity contribution is 0.144. The predicted molar refractivity (Wildman–Crippen MR) is 35.2 cm³/mol. The molecule has 4 heteroatoms. The summed E-state index contributed by atoms with van der Waals surface area (Å²) in [4.78, 5) is 0. The molecule has 0 bridgehead atoms. The Balaban J connectivity index is 2.96. The van der Waals surface area contributed by atoms with Crippen molar-refractivity contribution in [1.29, 1.82) is 0 Å². The lowest BCUT2D eigenvalue weighted by Crippen LogP contribution is -1.88. The van der Waals surface area contributed by atoms with Crippen LogP contribution in [0.2, 0.25) is 0 Å². The molecule has 0 heterocycles. The van der Waals surface area contributed by atoms with Crippen LogP contribution in [0, 0.1) is 6.07 Å². The van der Waals surface area contributed by atoms with E-state index in [1.54, 1.807) is 0 Å². The highest BCUT2D eigenvalue weighted by Gasteiger charge is 2.11. The maximum absolute atomic E-state index is 11.9. The van der Waals surface area contributed by atoms with Gasteiger partial charge in [0, 0.05) is 11.1 Å². The fraction of sp³-hybridized carbons (Fsp3) is 0.250.